The minimum absolute atomic E-state index is 0.0187. The van der Waals surface area contributed by atoms with Crippen LogP contribution in [0.25, 0.3) is 0 Å². The first-order valence-corrected chi connectivity index (χ1v) is 15.4. The number of nitrogens with zero attached hydrogens (tertiary/aromatic N) is 1. The van der Waals surface area contributed by atoms with Crippen LogP contribution in [0.15, 0.2) is 0 Å². The molecule has 4 rings (SSSR count). The molecule has 2 saturated heterocycles. The molecule has 6 unspecified atom stereocenters. The lowest BCUT2D eigenvalue weighted by Crippen LogP contribution is -2.49. The number of nitrogens with two attached hydrogens (primary N) is 1. The van der Waals surface area contributed by atoms with Crippen molar-refractivity contribution in [2.45, 2.75) is 94.9 Å². The third-order valence-electron chi connectivity index (χ3n) is 8.87. The molecule has 4 aliphatic rings. The van der Waals surface area contributed by atoms with E-state index >= 15 is 0 Å². The Kier molecular flexibility index (Phi) is 6.74. The Balaban J connectivity index is 1.30. The van der Waals surface area contributed by atoms with Gasteiger partial charge in [-0.3, -0.25) is 4.79 Å². The topological polar surface area (TPSA) is 78.6 Å². The van der Waals surface area contributed by atoms with Crippen LogP contribution in [0.1, 0.15) is 64.2 Å². The Hall–Kier alpha value is -0.433. The highest BCUT2D eigenvalue weighted by atomic mass is 28.4. The van der Waals surface area contributed by atoms with Crippen LogP contribution in [-0.4, -0.2) is 55.6 Å². The Labute approximate surface area is 178 Å². The van der Waals surface area contributed by atoms with Crippen molar-refractivity contribution < 1.29 is 9.59 Å². The van der Waals surface area contributed by atoms with Gasteiger partial charge in [-0.1, -0.05) is 25.7 Å². The molecule has 6 atom stereocenters. The SMILES string of the molecule is C[Si](C)(O)C1CCCC2NC(C(=O)N3CCC(C4CCCC(CN)C4)CC3)CC21. The first kappa shape index (κ1) is 21.8. The molecule has 4 N–H and O–H groups in total. The highest BCUT2D eigenvalue weighted by molar-refractivity contribution is 6.71. The van der Waals surface area contributed by atoms with E-state index in [1.807, 2.05) is 0 Å². The largest absolute Gasteiger partial charge is 0.432 e. The molecule has 5 nitrogen and oxygen atoms in total. The second kappa shape index (κ2) is 8.97. The number of hydrogen-bond acceptors (Lipinski definition) is 4. The fraction of sp³-hybridized carbons (Fsp3) is 0.957. The van der Waals surface area contributed by atoms with Crippen LogP contribution in [0.2, 0.25) is 18.6 Å². The summed E-state index contributed by atoms with van der Waals surface area (Å²) in [5.74, 6) is 3.18. The molecule has 2 saturated carbocycles. The monoisotopic (exact) mass is 421 g/mol. The molecule has 2 aliphatic heterocycles. The highest BCUT2D eigenvalue weighted by Crippen LogP contribution is 2.46. The van der Waals surface area contributed by atoms with Crippen LogP contribution in [0.5, 0.6) is 0 Å². The van der Waals surface area contributed by atoms with Gasteiger partial charge in [0.2, 0.25) is 5.91 Å². The van der Waals surface area contributed by atoms with E-state index in [2.05, 4.69) is 23.3 Å². The van der Waals surface area contributed by atoms with E-state index in [0.717, 1.165) is 50.2 Å². The standard InChI is InChI=1S/C23H43N3O2Si/c1-29(2,28)22-8-4-7-20-19(22)14-21(25-20)23(27)26-11-9-17(10-12-26)18-6-3-5-16(13-18)15-24/h16-22,25,28H,3-15,24H2,1-2H3. The van der Waals surface area contributed by atoms with Gasteiger partial charge in [0, 0.05) is 19.1 Å². The quantitative estimate of drug-likeness (QED) is 0.610. The number of rotatable bonds is 4. The van der Waals surface area contributed by atoms with Crippen LogP contribution < -0.4 is 11.1 Å². The maximum atomic E-state index is 13.3. The molecule has 29 heavy (non-hydrogen) atoms. The molecule has 0 bridgehead atoms. The van der Waals surface area contributed by atoms with Gasteiger partial charge in [-0.15, -0.1) is 0 Å². The fourth-order valence-electron chi connectivity index (χ4n) is 7.24. The summed E-state index contributed by atoms with van der Waals surface area (Å²) in [6.45, 7) is 6.88. The van der Waals surface area contributed by atoms with Gasteiger partial charge in [0.25, 0.3) is 0 Å². The smallest absolute Gasteiger partial charge is 0.239 e. The second-order valence-electron chi connectivity index (χ2n) is 11.1. The molecule has 1 amide bonds. The lowest BCUT2D eigenvalue weighted by atomic mass is 9.72. The Morgan fingerprint density at radius 1 is 1.03 bits per heavy atom. The Bertz CT molecular complexity index is 573. The molecule has 166 valence electrons. The molecule has 0 spiro atoms. The summed E-state index contributed by atoms with van der Waals surface area (Å²) < 4.78 is 0. The number of carbonyl (C=O) groups excluding carboxylic acids is 1. The first-order valence-electron chi connectivity index (χ1n) is 12.3. The number of amides is 1. The third-order valence-corrected chi connectivity index (χ3v) is 11.4. The van der Waals surface area contributed by atoms with Gasteiger partial charge in [0.05, 0.1) is 6.04 Å². The second-order valence-corrected chi connectivity index (χ2v) is 15.2. The summed E-state index contributed by atoms with van der Waals surface area (Å²) in [4.78, 5) is 26.2. The van der Waals surface area contributed by atoms with Crippen molar-refractivity contribution in [1.82, 2.24) is 10.2 Å². The maximum absolute atomic E-state index is 13.3. The number of carbonyl (C=O) groups is 1. The van der Waals surface area contributed by atoms with E-state index < -0.39 is 8.32 Å². The molecular weight excluding hydrogens is 378 g/mol. The van der Waals surface area contributed by atoms with Crippen molar-refractivity contribution in [2.24, 2.45) is 29.4 Å². The molecule has 0 aromatic heterocycles. The average molecular weight is 422 g/mol. The number of fused-ring (bicyclic) bond motifs is 1. The van der Waals surface area contributed by atoms with Crippen LogP contribution in [0, 0.1) is 23.7 Å². The van der Waals surface area contributed by atoms with Gasteiger partial charge < -0.3 is 20.7 Å². The number of hydrogen-bond donors (Lipinski definition) is 3. The molecule has 2 aliphatic carbocycles. The average Bonchev–Trinajstić information content (AvgIpc) is 3.17. The highest BCUT2D eigenvalue weighted by Gasteiger charge is 2.49. The Morgan fingerprint density at radius 3 is 2.45 bits per heavy atom. The summed E-state index contributed by atoms with van der Waals surface area (Å²) in [5, 5.41) is 3.69. The normalized spacial score (nSPS) is 39.4. The first-order chi connectivity index (χ1) is 13.9. The van der Waals surface area contributed by atoms with Gasteiger partial charge in [0.1, 0.15) is 0 Å². The van der Waals surface area contributed by atoms with E-state index in [-0.39, 0.29) is 6.04 Å². The van der Waals surface area contributed by atoms with Crippen molar-refractivity contribution in [3.8, 4) is 0 Å². The van der Waals surface area contributed by atoms with Gasteiger partial charge in [-0.25, -0.2) is 0 Å². The van der Waals surface area contributed by atoms with Gasteiger partial charge >= 0.3 is 0 Å². The summed E-state index contributed by atoms with van der Waals surface area (Å²) in [7, 11) is -2.16. The van der Waals surface area contributed by atoms with Gasteiger partial charge in [0.15, 0.2) is 8.32 Å². The summed E-state index contributed by atoms with van der Waals surface area (Å²) in [6.07, 6.45) is 12.1. The van der Waals surface area contributed by atoms with E-state index in [1.54, 1.807) is 0 Å². The maximum Gasteiger partial charge on any atom is 0.239 e. The number of piperidine rings is 1. The minimum Gasteiger partial charge on any atom is -0.432 e. The summed E-state index contributed by atoms with van der Waals surface area (Å²) >= 11 is 0. The van der Waals surface area contributed by atoms with Crippen molar-refractivity contribution in [1.29, 1.82) is 0 Å². The third kappa shape index (κ3) is 4.75. The van der Waals surface area contributed by atoms with Crippen LogP contribution in [0.4, 0.5) is 0 Å². The van der Waals surface area contributed by atoms with Crippen LogP contribution in [-0.2, 0) is 4.79 Å². The molecule has 0 aromatic rings. The zero-order valence-corrected chi connectivity index (χ0v) is 19.6. The van der Waals surface area contributed by atoms with E-state index in [9.17, 15) is 9.59 Å². The van der Waals surface area contributed by atoms with Crippen LogP contribution in [0.3, 0.4) is 0 Å². The van der Waals surface area contributed by atoms with Gasteiger partial charge in [-0.05, 0) is 87.4 Å². The number of nitrogens with one attached hydrogen (secondary N) is 1. The van der Waals surface area contributed by atoms with Crippen molar-refractivity contribution in [3.05, 3.63) is 0 Å². The Morgan fingerprint density at radius 2 is 1.76 bits per heavy atom. The van der Waals surface area contributed by atoms with Crippen molar-refractivity contribution >= 4 is 14.2 Å². The fourth-order valence-corrected chi connectivity index (χ4v) is 9.56. The zero-order chi connectivity index (χ0) is 20.6. The van der Waals surface area contributed by atoms with Gasteiger partial charge in [-0.2, -0.15) is 0 Å². The molecular formula is C23H43N3O2Si. The van der Waals surface area contributed by atoms with Crippen molar-refractivity contribution in [3.63, 3.8) is 0 Å². The van der Waals surface area contributed by atoms with Crippen molar-refractivity contribution in [2.75, 3.05) is 19.6 Å². The summed E-state index contributed by atoms with van der Waals surface area (Å²) in [6, 6.07) is 0.421. The summed E-state index contributed by atoms with van der Waals surface area (Å²) in [5.41, 5.74) is 6.38. The molecule has 4 fully saturated rings. The molecule has 6 heteroatoms. The van der Waals surface area contributed by atoms with E-state index in [4.69, 9.17) is 5.73 Å². The van der Waals surface area contributed by atoms with E-state index in [1.165, 1.54) is 51.4 Å². The lowest BCUT2D eigenvalue weighted by molar-refractivity contribution is -0.135. The molecule has 2 heterocycles. The minimum atomic E-state index is -2.16. The molecule has 0 aromatic carbocycles. The molecule has 0 radical (unpaired) electrons. The predicted molar refractivity (Wildman–Crippen MR) is 120 cm³/mol. The lowest BCUT2D eigenvalue weighted by Gasteiger charge is -2.40. The predicted octanol–water partition coefficient (Wildman–Crippen LogP) is 3.09. The zero-order valence-electron chi connectivity index (χ0n) is 18.6. The number of likely N-dealkylation sites (tertiary alicyclic amines) is 1. The van der Waals surface area contributed by atoms with E-state index in [0.29, 0.717) is 23.4 Å². The van der Waals surface area contributed by atoms with Crippen LogP contribution >= 0.6 is 0 Å².